The van der Waals surface area contributed by atoms with Crippen LogP contribution in [0.15, 0.2) is 42.5 Å². The third kappa shape index (κ3) is 5.58. The number of anilines is 2. The maximum absolute atomic E-state index is 12.5. The van der Waals surface area contributed by atoms with E-state index in [-0.39, 0.29) is 28.7 Å². The second-order valence-electron chi connectivity index (χ2n) is 7.28. The first kappa shape index (κ1) is 21.8. The molecule has 0 heterocycles. The Hall–Kier alpha value is -2.90. The van der Waals surface area contributed by atoms with Crippen molar-refractivity contribution in [1.82, 2.24) is 5.32 Å². The van der Waals surface area contributed by atoms with E-state index in [4.69, 9.17) is 16.3 Å². The van der Waals surface area contributed by atoms with Crippen LogP contribution in [0.3, 0.4) is 0 Å². The third-order valence-electron chi connectivity index (χ3n) is 4.92. The molecule has 3 rings (SSSR count). The van der Waals surface area contributed by atoms with E-state index in [2.05, 4.69) is 16.0 Å². The van der Waals surface area contributed by atoms with Gasteiger partial charge < -0.3 is 20.7 Å². The summed E-state index contributed by atoms with van der Waals surface area (Å²) in [4.78, 5) is 36.6. The Labute approximate surface area is 180 Å². The normalized spacial score (nSPS) is 17.2. The molecule has 7 nitrogen and oxygen atoms in total. The predicted octanol–water partition coefficient (Wildman–Crippen LogP) is 3.56. The SMILES string of the molecule is COCCNC(=O)c1ccc(NC(=O)c2ccc(NC(=O)C3CC3C)cc2)cc1Cl. The molecule has 3 N–H and O–H groups in total. The highest BCUT2D eigenvalue weighted by atomic mass is 35.5. The van der Waals surface area contributed by atoms with Crippen LogP contribution in [0.1, 0.15) is 34.1 Å². The van der Waals surface area contributed by atoms with Gasteiger partial charge in [-0.1, -0.05) is 18.5 Å². The van der Waals surface area contributed by atoms with E-state index in [1.165, 1.54) is 6.07 Å². The van der Waals surface area contributed by atoms with Crippen molar-refractivity contribution in [3.05, 3.63) is 58.6 Å². The van der Waals surface area contributed by atoms with Gasteiger partial charge in [0.15, 0.2) is 0 Å². The highest BCUT2D eigenvalue weighted by molar-refractivity contribution is 6.34. The van der Waals surface area contributed by atoms with E-state index in [9.17, 15) is 14.4 Å². The monoisotopic (exact) mass is 429 g/mol. The maximum atomic E-state index is 12.5. The Morgan fingerprint density at radius 2 is 1.70 bits per heavy atom. The number of hydrogen-bond acceptors (Lipinski definition) is 4. The number of ether oxygens (including phenoxy) is 1. The van der Waals surface area contributed by atoms with Crippen LogP contribution in [-0.4, -0.2) is 38.0 Å². The lowest BCUT2D eigenvalue weighted by Crippen LogP contribution is -2.27. The lowest BCUT2D eigenvalue weighted by molar-refractivity contribution is -0.117. The fourth-order valence-corrected chi connectivity index (χ4v) is 3.24. The first-order chi connectivity index (χ1) is 14.4. The van der Waals surface area contributed by atoms with Gasteiger partial charge in [0.05, 0.1) is 17.2 Å². The lowest BCUT2D eigenvalue weighted by Gasteiger charge is -2.10. The van der Waals surface area contributed by atoms with Gasteiger partial charge in [0.25, 0.3) is 11.8 Å². The molecular weight excluding hydrogens is 406 g/mol. The minimum atomic E-state index is -0.322. The summed E-state index contributed by atoms with van der Waals surface area (Å²) in [5.74, 6) is -0.0988. The molecule has 2 unspecified atom stereocenters. The molecule has 0 radical (unpaired) electrons. The first-order valence-electron chi connectivity index (χ1n) is 9.68. The fraction of sp³-hybridized carbons (Fsp3) is 0.318. The fourth-order valence-electron chi connectivity index (χ4n) is 2.97. The van der Waals surface area contributed by atoms with Crippen molar-refractivity contribution < 1.29 is 19.1 Å². The van der Waals surface area contributed by atoms with Crippen molar-refractivity contribution in [2.24, 2.45) is 11.8 Å². The second kappa shape index (κ2) is 9.73. The highest BCUT2D eigenvalue weighted by Crippen LogP contribution is 2.38. The molecule has 0 saturated heterocycles. The standard InChI is InChI=1S/C22H24ClN3O4/c1-13-11-18(13)22(29)25-15-5-3-14(4-6-15)20(27)26-16-7-8-17(19(23)12-16)21(28)24-9-10-30-2/h3-8,12-13,18H,9-11H2,1-2H3,(H,24,28)(H,25,29)(H,26,27). The molecule has 1 aliphatic carbocycles. The number of hydrogen-bond donors (Lipinski definition) is 3. The molecule has 1 aliphatic rings. The minimum Gasteiger partial charge on any atom is -0.383 e. The van der Waals surface area contributed by atoms with Crippen molar-refractivity contribution in [3.63, 3.8) is 0 Å². The van der Waals surface area contributed by atoms with E-state index < -0.39 is 0 Å². The maximum Gasteiger partial charge on any atom is 0.255 e. The van der Waals surface area contributed by atoms with Crippen LogP contribution in [0.5, 0.6) is 0 Å². The molecule has 8 heteroatoms. The van der Waals surface area contributed by atoms with Gasteiger partial charge in [-0.3, -0.25) is 14.4 Å². The van der Waals surface area contributed by atoms with Crippen LogP contribution in [0, 0.1) is 11.8 Å². The molecule has 0 aliphatic heterocycles. The molecule has 0 aromatic heterocycles. The van der Waals surface area contributed by atoms with Crippen molar-refractivity contribution >= 4 is 40.7 Å². The second-order valence-corrected chi connectivity index (χ2v) is 7.69. The van der Waals surface area contributed by atoms with E-state index >= 15 is 0 Å². The molecule has 2 aromatic carbocycles. The van der Waals surface area contributed by atoms with Gasteiger partial charge in [-0.15, -0.1) is 0 Å². The topological polar surface area (TPSA) is 96.5 Å². The Morgan fingerprint density at radius 3 is 2.30 bits per heavy atom. The Balaban J connectivity index is 1.58. The number of amides is 3. The Kier molecular flexibility index (Phi) is 7.07. The Bertz CT molecular complexity index is 946. The Morgan fingerprint density at radius 1 is 1.03 bits per heavy atom. The van der Waals surface area contributed by atoms with Gasteiger partial charge in [-0.2, -0.15) is 0 Å². The van der Waals surface area contributed by atoms with Crippen molar-refractivity contribution in [1.29, 1.82) is 0 Å². The summed E-state index contributed by atoms with van der Waals surface area (Å²) in [6.45, 7) is 2.82. The van der Waals surface area contributed by atoms with Crippen LogP contribution < -0.4 is 16.0 Å². The van der Waals surface area contributed by atoms with Gasteiger partial charge in [0, 0.05) is 36.5 Å². The van der Waals surface area contributed by atoms with Crippen LogP contribution >= 0.6 is 11.6 Å². The summed E-state index contributed by atoms with van der Waals surface area (Å²) in [6.07, 6.45) is 0.919. The molecule has 158 valence electrons. The summed E-state index contributed by atoms with van der Waals surface area (Å²) in [5, 5.41) is 8.53. The van der Waals surface area contributed by atoms with Gasteiger partial charge >= 0.3 is 0 Å². The average Bonchev–Trinajstić information content (AvgIpc) is 3.45. The summed E-state index contributed by atoms with van der Waals surface area (Å²) < 4.78 is 4.89. The molecule has 2 aromatic rings. The van der Waals surface area contributed by atoms with Crippen molar-refractivity contribution in [2.75, 3.05) is 30.9 Å². The van der Waals surface area contributed by atoms with Crippen molar-refractivity contribution in [2.45, 2.75) is 13.3 Å². The number of rotatable bonds is 8. The third-order valence-corrected chi connectivity index (χ3v) is 5.24. The van der Waals surface area contributed by atoms with E-state index in [0.717, 1.165) is 6.42 Å². The number of carbonyl (C=O) groups excluding carboxylic acids is 3. The average molecular weight is 430 g/mol. The zero-order valence-electron chi connectivity index (χ0n) is 16.8. The van der Waals surface area contributed by atoms with Crippen LogP contribution in [0.2, 0.25) is 5.02 Å². The zero-order chi connectivity index (χ0) is 21.7. The van der Waals surface area contributed by atoms with Gasteiger partial charge in [0.1, 0.15) is 0 Å². The molecule has 2 atom stereocenters. The lowest BCUT2D eigenvalue weighted by atomic mass is 10.1. The number of nitrogens with one attached hydrogen (secondary N) is 3. The van der Waals surface area contributed by atoms with Crippen molar-refractivity contribution in [3.8, 4) is 0 Å². The predicted molar refractivity (Wildman–Crippen MR) is 116 cm³/mol. The number of benzene rings is 2. The van der Waals surface area contributed by atoms with Crippen LogP contribution in [0.25, 0.3) is 0 Å². The summed E-state index contributed by atoms with van der Waals surface area (Å²) >= 11 is 6.19. The molecule has 1 fully saturated rings. The number of carbonyl (C=O) groups is 3. The minimum absolute atomic E-state index is 0.0145. The summed E-state index contributed by atoms with van der Waals surface area (Å²) in [7, 11) is 1.55. The highest BCUT2D eigenvalue weighted by Gasteiger charge is 2.39. The quantitative estimate of drug-likeness (QED) is 0.559. The summed E-state index contributed by atoms with van der Waals surface area (Å²) in [5.41, 5.74) is 1.88. The summed E-state index contributed by atoms with van der Waals surface area (Å²) in [6, 6.07) is 11.4. The van der Waals surface area contributed by atoms with Gasteiger partial charge in [0.2, 0.25) is 5.91 Å². The first-order valence-corrected chi connectivity index (χ1v) is 10.1. The molecular formula is C22H24ClN3O4. The van der Waals surface area contributed by atoms with E-state index in [1.54, 1.807) is 43.5 Å². The molecule has 30 heavy (non-hydrogen) atoms. The zero-order valence-corrected chi connectivity index (χ0v) is 17.6. The van der Waals surface area contributed by atoms with Crippen LogP contribution in [-0.2, 0) is 9.53 Å². The van der Waals surface area contributed by atoms with E-state index in [0.29, 0.717) is 41.6 Å². The number of halogens is 1. The molecule has 0 bridgehead atoms. The van der Waals surface area contributed by atoms with E-state index in [1.807, 2.05) is 6.92 Å². The smallest absolute Gasteiger partial charge is 0.255 e. The molecule has 3 amide bonds. The largest absolute Gasteiger partial charge is 0.383 e. The van der Waals surface area contributed by atoms with Crippen LogP contribution in [0.4, 0.5) is 11.4 Å². The van der Waals surface area contributed by atoms with Gasteiger partial charge in [-0.25, -0.2) is 0 Å². The van der Waals surface area contributed by atoms with Gasteiger partial charge in [-0.05, 0) is 54.8 Å². The molecule has 1 saturated carbocycles. The molecule has 0 spiro atoms. The number of methoxy groups -OCH3 is 1.